The van der Waals surface area contributed by atoms with Crippen molar-refractivity contribution in [2.75, 3.05) is 39.4 Å². The molecule has 7 nitrogen and oxygen atoms in total. The first-order chi connectivity index (χ1) is 10.3. The van der Waals surface area contributed by atoms with Crippen LogP contribution in [-0.4, -0.2) is 61.7 Å². The lowest BCUT2D eigenvalue weighted by molar-refractivity contribution is 0.0383. The highest BCUT2D eigenvalue weighted by atomic mass is 35.5. The molecule has 0 bridgehead atoms. The lowest BCUT2D eigenvalue weighted by atomic mass is 10.2. The minimum atomic E-state index is -0.937. The van der Waals surface area contributed by atoms with Gasteiger partial charge >= 0.3 is 5.97 Å². The Morgan fingerprint density at radius 2 is 1.91 bits per heavy atom. The third kappa shape index (κ3) is 8.15. The Labute approximate surface area is 147 Å². The van der Waals surface area contributed by atoms with Crippen LogP contribution in [0.5, 0.6) is 0 Å². The third-order valence-electron chi connectivity index (χ3n) is 3.15. The van der Waals surface area contributed by atoms with Crippen LogP contribution in [0.3, 0.4) is 0 Å². The molecule has 1 saturated heterocycles. The highest BCUT2D eigenvalue weighted by molar-refractivity contribution is 5.88. The lowest BCUT2D eigenvalue weighted by Crippen LogP contribution is -2.42. The van der Waals surface area contributed by atoms with Crippen molar-refractivity contribution in [3.8, 4) is 0 Å². The monoisotopic (exact) mass is 364 g/mol. The number of hydrogen-bond donors (Lipinski definition) is 3. The SMILES string of the molecule is Cl.Cl.O=C(O)c1ccc(N=CNNCCN2CCOCC2)cc1. The van der Waals surface area contributed by atoms with Crippen LogP contribution in [-0.2, 0) is 4.74 Å². The van der Waals surface area contributed by atoms with Gasteiger partial charge in [0.2, 0.25) is 0 Å². The first-order valence-corrected chi connectivity index (χ1v) is 6.90. The van der Waals surface area contributed by atoms with Crippen molar-refractivity contribution in [2.24, 2.45) is 4.99 Å². The number of benzene rings is 1. The van der Waals surface area contributed by atoms with Crippen LogP contribution in [0.15, 0.2) is 29.3 Å². The van der Waals surface area contributed by atoms with Gasteiger partial charge in [-0.15, -0.1) is 24.8 Å². The van der Waals surface area contributed by atoms with E-state index in [2.05, 4.69) is 20.7 Å². The number of ether oxygens (including phenoxy) is 1. The van der Waals surface area contributed by atoms with Gasteiger partial charge in [-0.05, 0) is 24.3 Å². The van der Waals surface area contributed by atoms with E-state index in [1.54, 1.807) is 18.5 Å². The van der Waals surface area contributed by atoms with Crippen molar-refractivity contribution in [3.05, 3.63) is 29.8 Å². The maximum absolute atomic E-state index is 10.7. The smallest absolute Gasteiger partial charge is 0.335 e. The number of hydrogen-bond acceptors (Lipinski definition) is 5. The summed E-state index contributed by atoms with van der Waals surface area (Å²) >= 11 is 0. The zero-order valence-electron chi connectivity index (χ0n) is 12.6. The molecule has 0 aliphatic carbocycles. The highest BCUT2D eigenvalue weighted by Crippen LogP contribution is 2.11. The summed E-state index contributed by atoms with van der Waals surface area (Å²) in [6, 6.07) is 6.38. The predicted molar refractivity (Wildman–Crippen MR) is 94.4 cm³/mol. The second kappa shape index (κ2) is 12.1. The number of nitrogens with one attached hydrogen (secondary N) is 2. The summed E-state index contributed by atoms with van der Waals surface area (Å²) in [5, 5.41) is 8.78. The van der Waals surface area contributed by atoms with Crippen molar-refractivity contribution in [2.45, 2.75) is 0 Å². The van der Waals surface area contributed by atoms with Gasteiger partial charge in [0.25, 0.3) is 0 Å². The van der Waals surface area contributed by atoms with Crippen LogP contribution in [0.1, 0.15) is 10.4 Å². The van der Waals surface area contributed by atoms with Crippen molar-refractivity contribution < 1.29 is 14.6 Å². The molecule has 1 fully saturated rings. The number of morpholine rings is 1. The topological polar surface area (TPSA) is 86.2 Å². The Bertz CT molecular complexity index is 479. The molecule has 0 saturated carbocycles. The maximum atomic E-state index is 10.7. The lowest BCUT2D eigenvalue weighted by Gasteiger charge is -2.26. The minimum absolute atomic E-state index is 0. The molecule has 1 heterocycles. The third-order valence-corrected chi connectivity index (χ3v) is 3.15. The predicted octanol–water partition coefficient (Wildman–Crippen LogP) is 1.31. The Kier molecular flexibility index (Phi) is 11.4. The van der Waals surface area contributed by atoms with Crippen LogP contribution in [0, 0.1) is 0 Å². The van der Waals surface area contributed by atoms with Gasteiger partial charge < -0.3 is 15.3 Å². The number of carbonyl (C=O) groups is 1. The van der Waals surface area contributed by atoms with Crippen LogP contribution >= 0.6 is 24.8 Å². The molecule has 3 N–H and O–H groups in total. The van der Waals surface area contributed by atoms with Crippen molar-refractivity contribution in [3.63, 3.8) is 0 Å². The summed E-state index contributed by atoms with van der Waals surface area (Å²) < 4.78 is 5.28. The van der Waals surface area contributed by atoms with Crippen LogP contribution < -0.4 is 10.9 Å². The molecule has 1 aromatic rings. The standard InChI is InChI=1S/C14H20N4O3.2ClH/c19-14(20)12-1-3-13(4-2-12)15-11-17-16-5-6-18-7-9-21-10-8-18;;/h1-4,11,16H,5-10H2,(H,15,17)(H,19,20);2*1H. The average molecular weight is 365 g/mol. The molecule has 1 aliphatic rings. The van der Waals surface area contributed by atoms with Gasteiger partial charge in [0.05, 0.1) is 24.5 Å². The van der Waals surface area contributed by atoms with Crippen molar-refractivity contribution in [1.82, 2.24) is 15.8 Å². The molecule has 0 unspecified atom stereocenters. The zero-order chi connectivity index (χ0) is 14.9. The molecule has 0 atom stereocenters. The maximum Gasteiger partial charge on any atom is 0.335 e. The van der Waals surface area contributed by atoms with E-state index in [-0.39, 0.29) is 30.4 Å². The second-order valence-electron chi connectivity index (χ2n) is 4.64. The van der Waals surface area contributed by atoms with Crippen LogP contribution in [0.4, 0.5) is 5.69 Å². The molecule has 0 radical (unpaired) electrons. The van der Waals surface area contributed by atoms with Gasteiger partial charge in [-0.3, -0.25) is 4.90 Å². The van der Waals surface area contributed by atoms with E-state index in [0.717, 1.165) is 39.4 Å². The Balaban J connectivity index is 0.00000242. The number of aliphatic imine (C=N–C) groups is 1. The van der Waals surface area contributed by atoms with E-state index < -0.39 is 5.97 Å². The molecule has 23 heavy (non-hydrogen) atoms. The summed E-state index contributed by atoms with van der Waals surface area (Å²) in [4.78, 5) is 17.2. The molecular formula is C14H22Cl2N4O3. The first-order valence-electron chi connectivity index (χ1n) is 6.90. The zero-order valence-corrected chi connectivity index (χ0v) is 14.2. The Morgan fingerprint density at radius 3 is 2.52 bits per heavy atom. The summed E-state index contributed by atoms with van der Waals surface area (Å²) in [5.41, 5.74) is 6.90. The molecule has 9 heteroatoms. The van der Waals surface area contributed by atoms with Gasteiger partial charge in [0, 0.05) is 26.2 Å². The largest absolute Gasteiger partial charge is 0.478 e. The minimum Gasteiger partial charge on any atom is -0.478 e. The molecule has 130 valence electrons. The van der Waals surface area contributed by atoms with E-state index in [0.29, 0.717) is 5.69 Å². The number of nitrogens with zero attached hydrogens (tertiary/aromatic N) is 2. The fraction of sp³-hybridized carbons (Fsp3) is 0.429. The van der Waals surface area contributed by atoms with Gasteiger partial charge in [-0.1, -0.05) is 0 Å². The van der Waals surface area contributed by atoms with Gasteiger partial charge in [0.15, 0.2) is 0 Å². The molecule has 1 aliphatic heterocycles. The second-order valence-corrected chi connectivity index (χ2v) is 4.64. The normalized spacial score (nSPS) is 14.8. The number of carboxylic acid groups (broad SMARTS) is 1. The fourth-order valence-electron chi connectivity index (χ4n) is 1.95. The molecule has 0 amide bonds. The van der Waals surface area contributed by atoms with E-state index in [9.17, 15) is 4.79 Å². The quantitative estimate of drug-likeness (QED) is 0.292. The number of halogens is 2. The first kappa shape index (κ1) is 21.6. The summed E-state index contributed by atoms with van der Waals surface area (Å²) in [5.74, 6) is -0.937. The molecular weight excluding hydrogens is 343 g/mol. The van der Waals surface area contributed by atoms with Gasteiger partial charge in [-0.25, -0.2) is 15.2 Å². The molecule has 1 aromatic carbocycles. The number of rotatable bonds is 7. The fourth-order valence-corrected chi connectivity index (χ4v) is 1.95. The van der Waals surface area contributed by atoms with Crippen LogP contribution in [0.2, 0.25) is 0 Å². The number of hydrazine groups is 1. The number of aromatic carboxylic acids is 1. The summed E-state index contributed by atoms with van der Waals surface area (Å²) in [6.07, 6.45) is 1.55. The van der Waals surface area contributed by atoms with Gasteiger partial charge in [-0.2, -0.15) is 0 Å². The molecule has 0 spiro atoms. The van der Waals surface area contributed by atoms with Crippen molar-refractivity contribution >= 4 is 42.8 Å². The van der Waals surface area contributed by atoms with E-state index in [1.165, 1.54) is 12.1 Å². The molecule has 2 rings (SSSR count). The summed E-state index contributed by atoms with van der Waals surface area (Å²) in [7, 11) is 0. The number of carboxylic acids is 1. The highest BCUT2D eigenvalue weighted by Gasteiger charge is 2.08. The Morgan fingerprint density at radius 1 is 1.26 bits per heavy atom. The van der Waals surface area contributed by atoms with E-state index in [4.69, 9.17) is 9.84 Å². The van der Waals surface area contributed by atoms with E-state index in [1.807, 2.05) is 0 Å². The van der Waals surface area contributed by atoms with Crippen LogP contribution in [0.25, 0.3) is 0 Å². The van der Waals surface area contributed by atoms with E-state index >= 15 is 0 Å². The summed E-state index contributed by atoms with van der Waals surface area (Å²) in [6.45, 7) is 5.33. The average Bonchev–Trinajstić information content (AvgIpc) is 2.52. The van der Waals surface area contributed by atoms with Crippen molar-refractivity contribution in [1.29, 1.82) is 0 Å². The molecule has 0 aromatic heterocycles. The van der Waals surface area contributed by atoms with Gasteiger partial charge in [0.1, 0.15) is 6.34 Å². The Hall–Kier alpha value is -1.38.